The summed E-state index contributed by atoms with van der Waals surface area (Å²) in [7, 11) is 0. The van der Waals surface area contributed by atoms with Crippen LogP contribution in [0.4, 0.5) is 4.39 Å². The molecule has 1 saturated heterocycles. The van der Waals surface area contributed by atoms with E-state index in [4.69, 9.17) is 0 Å². The Bertz CT molecular complexity index is 450. The van der Waals surface area contributed by atoms with Crippen LogP contribution in [0, 0.1) is 17.7 Å². The number of rotatable bonds is 6. The van der Waals surface area contributed by atoms with Crippen LogP contribution in [0.3, 0.4) is 0 Å². The first-order chi connectivity index (χ1) is 9.65. The molecule has 1 aromatic carbocycles. The number of carbonyl (C=O) groups excluding carboxylic acids is 1. The number of amides is 1. The van der Waals surface area contributed by atoms with Crippen molar-refractivity contribution in [3.63, 3.8) is 0 Å². The van der Waals surface area contributed by atoms with Gasteiger partial charge in [-0.1, -0.05) is 19.1 Å². The summed E-state index contributed by atoms with van der Waals surface area (Å²) in [5.41, 5.74) is 0.868. The molecule has 0 aromatic heterocycles. The topological polar surface area (TPSA) is 41.1 Å². The standard InChI is InChI=1S/C16H23FN2O.ClH/c1-12(9-14-3-2-4-15(17)10-14)16(20)19-8-6-13-5-7-18-11-13;/h2-4,10,12-13,18H,5-9,11H2,1H3,(H,19,20);1H. The normalized spacial score (nSPS) is 18.9. The zero-order chi connectivity index (χ0) is 14.4. The maximum Gasteiger partial charge on any atom is 0.223 e. The first-order valence-electron chi connectivity index (χ1n) is 7.38. The van der Waals surface area contributed by atoms with Crippen LogP contribution in [0.2, 0.25) is 0 Å². The Hall–Kier alpha value is -1.13. The van der Waals surface area contributed by atoms with Crippen LogP contribution < -0.4 is 10.6 Å². The van der Waals surface area contributed by atoms with Crippen molar-refractivity contribution in [1.29, 1.82) is 0 Å². The Balaban J connectivity index is 0.00000220. The van der Waals surface area contributed by atoms with E-state index in [1.807, 2.05) is 13.0 Å². The smallest absolute Gasteiger partial charge is 0.223 e. The number of halogens is 2. The minimum atomic E-state index is -0.246. The highest BCUT2D eigenvalue weighted by Crippen LogP contribution is 2.12. The summed E-state index contributed by atoms with van der Waals surface area (Å²) in [6.45, 7) is 4.78. The average molecular weight is 315 g/mol. The van der Waals surface area contributed by atoms with Crippen LogP contribution in [-0.4, -0.2) is 25.5 Å². The summed E-state index contributed by atoms with van der Waals surface area (Å²) < 4.78 is 13.1. The molecule has 2 rings (SSSR count). The number of hydrogen-bond donors (Lipinski definition) is 2. The zero-order valence-corrected chi connectivity index (χ0v) is 13.2. The van der Waals surface area contributed by atoms with E-state index in [-0.39, 0.29) is 30.0 Å². The van der Waals surface area contributed by atoms with Gasteiger partial charge in [-0.2, -0.15) is 0 Å². The van der Waals surface area contributed by atoms with Gasteiger partial charge in [0.05, 0.1) is 0 Å². The molecule has 0 radical (unpaired) electrons. The second-order valence-electron chi connectivity index (χ2n) is 5.67. The molecule has 3 nitrogen and oxygen atoms in total. The van der Waals surface area contributed by atoms with Gasteiger partial charge in [-0.3, -0.25) is 4.79 Å². The predicted molar refractivity (Wildman–Crippen MR) is 85.1 cm³/mol. The molecule has 1 aromatic rings. The lowest BCUT2D eigenvalue weighted by Gasteiger charge is -2.14. The molecule has 2 N–H and O–H groups in total. The van der Waals surface area contributed by atoms with Crippen molar-refractivity contribution >= 4 is 18.3 Å². The van der Waals surface area contributed by atoms with Crippen molar-refractivity contribution in [2.24, 2.45) is 11.8 Å². The van der Waals surface area contributed by atoms with E-state index in [2.05, 4.69) is 10.6 Å². The fraction of sp³-hybridized carbons (Fsp3) is 0.562. The van der Waals surface area contributed by atoms with Crippen molar-refractivity contribution in [3.8, 4) is 0 Å². The minimum absolute atomic E-state index is 0. The number of hydrogen-bond acceptors (Lipinski definition) is 2. The van der Waals surface area contributed by atoms with E-state index in [9.17, 15) is 9.18 Å². The number of carbonyl (C=O) groups is 1. The van der Waals surface area contributed by atoms with Gasteiger partial charge in [-0.05, 0) is 56.0 Å². The van der Waals surface area contributed by atoms with Crippen LogP contribution in [0.25, 0.3) is 0 Å². The summed E-state index contributed by atoms with van der Waals surface area (Å²) in [5.74, 6) is 0.372. The Kier molecular flexibility index (Phi) is 7.68. The summed E-state index contributed by atoms with van der Waals surface area (Å²) in [5, 5.41) is 6.31. The van der Waals surface area contributed by atoms with E-state index in [1.54, 1.807) is 6.07 Å². The van der Waals surface area contributed by atoms with Gasteiger partial charge in [0, 0.05) is 12.5 Å². The number of benzene rings is 1. The highest BCUT2D eigenvalue weighted by atomic mass is 35.5. The second-order valence-corrected chi connectivity index (χ2v) is 5.67. The summed E-state index contributed by atoms with van der Waals surface area (Å²) in [6.07, 6.45) is 2.81. The third kappa shape index (κ3) is 6.02. The SMILES string of the molecule is CC(Cc1cccc(F)c1)C(=O)NCCC1CCNC1.Cl. The van der Waals surface area contributed by atoms with Crippen LogP contribution in [0.15, 0.2) is 24.3 Å². The second kappa shape index (κ2) is 9.00. The molecule has 0 aliphatic carbocycles. The molecule has 5 heteroatoms. The Morgan fingerprint density at radius 1 is 1.52 bits per heavy atom. The molecular weight excluding hydrogens is 291 g/mol. The maximum absolute atomic E-state index is 13.1. The molecule has 2 atom stereocenters. The lowest BCUT2D eigenvalue weighted by Crippen LogP contribution is -2.32. The summed E-state index contributed by atoms with van der Waals surface area (Å²) >= 11 is 0. The van der Waals surface area contributed by atoms with Gasteiger partial charge in [0.15, 0.2) is 0 Å². The molecule has 0 spiro atoms. The fourth-order valence-electron chi connectivity index (χ4n) is 2.64. The highest BCUT2D eigenvalue weighted by Gasteiger charge is 2.16. The monoisotopic (exact) mass is 314 g/mol. The first-order valence-corrected chi connectivity index (χ1v) is 7.38. The molecule has 0 bridgehead atoms. The van der Waals surface area contributed by atoms with E-state index in [1.165, 1.54) is 18.6 Å². The quantitative estimate of drug-likeness (QED) is 0.847. The van der Waals surface area contributed by atoms with Gasteiger partial charge in [0.25, 0.3) is 0 Å². The average Bonchev–Trinajstić information content (AvgIpc) is 2.91. The molecular formula is C16H24ClFN2O. The summed E-state index contributed by atoms with van der Waals surface area (Å²) in [6, 6.07) is 6.46. The van der Waals surface area contributed by atoms with Crippen LogP contribution >= 0.6 is 12.4 Å². The Labute approximate surface area is 132 Å². The van der Waals surface area contributed by atoms with Gasteiger partial charge in [0.2, 0.25) is 5.91 Å². The van der Waals surface area contributed by atoms with Crippen molar-refractivity contribution in [2.45, 2.75) is 26.2 Å². The fourth-order valence-corrected chi connectivity index (χ4v) is 2.64. The summed E-state index contributed by atoms with van der Waals surface area (Å²) in [4.78, 5) is 12.0. The van der Waals surface area contributed by atoms with Gasteiger partial charge in [-0.25, -0.2) is 4.39 Å². The zero-order valence-electron chi connectivity index (χ0n) is 12.4. The van der Waals surface area contributed by atoms with Crippen LogP contribution in [-0.2, 0) is 11.2 Å². The molecule has 1 aliphatic heterocycles. The molecule has 21 heavy (non-hydrogen) atoms. The Morgan fingerprint density at radius 3 is 3.00 bits per heavy atom. The van der Waals surface area contributed by atoms with Crippen molar-refractivity contribution < 1.29 is 9.18 Å². The molecule has 0 saturated carbocycles. The van der Waals surface area contributed by atoms with E-state index in [0.29, 0.717) is 12.3 Å². The first kappa shape index (κ1) is 17.9. The molecule has 1 aliphatic rings. The van der Waals surface area contributed by atoms with Gasteiger partial charge < -0.3 is 10.6 Å². The Morgan fingerprint density at radius 2 is 2.33 bits per heavy atom. The predicted octanol–water partition coefficient (Wildman–Crippen LogP) is 2.54. The van der Waals surface area contributed by atoms with Crippen molar-refractivity contribution in [3.05, 3.63) is 35.6 Å². The molecule has 1 amide bonds. The van der Waals surface area contributed by atoms with Crippen LogP contribution in [0.1, 0.15) is 25.3 Å². The van der Waals surface area contributed by atoms with E-state index in [0.717, 1.165) is 31.6 Å². The molecule has 2 unspecified atom stereocenters. The molecule has 118 valence electrons. The highest BCUT2D eigenvalue weighted by molar-refractivity contribution is 5.85. The minimum Gasteiger partial charge on any atom is -0.356 e. The van der Waals surface area contributed by atoms with Crippen molar-refractivity contribution in [1.82, 2.24) is 10.6 Å². The van der Waals surface area contributed by atoms with E-state index >= 15 is 0 Å². The van der Waals surface area contributed by atoms with Crippen LogP contribution in [0.5, 0.6) is 0 Å². The lowest BCUT2D eigenvalue weighted by atomic mass is 10.00. The molecule has 1 heterocycles. The maximum atomic E-state index is 13.1. The third-order valence-corrected chi connectivity index (χ3v) is 3.89. The van der Waals surface area contributed by atoms with Crippen molar-refractivity contribution in [2.75, 3.05) is 19.6 Å². The van der Waals surface area contributed by atoms with Gasteiger partial charge in [-0.15, -0.1) is 12.4 Å². The van der Waals surface area contributed by atoms with Gasteiger partial charge >= 0.3 is 0 Å². The molecule has 1 fully saturated rings. The number of nitrogens with one attached hydrogen (secondary N) is 2. The third-order valence-electron chi connectivity index (χ3n) is 3.89. The van der Waals surface area contributed by atoms with Gasteiger partial charge in [0.1, 0.15) is 5.82 Å². The van der Waals surface area contributed by atoms with E-state index < -0.39 is 0 Å². The largest absolute Gasteiger partial charge is 0.356 e. The lowest BCUT2D eigenvalue weighted by molar-refractivity contribution is -0.124.